The van der Waals surface area contributed by atoms with E-state index in [2.05, 4.69) is 10.3 Å². The normalized spacial score (nSPS) is 11.8. The molecule has 6 nitrogen and oxygen atoms in total. The number of carbonyl (C=O) groups excluding carboxylic acids is 1. The molecule has 0 fully saturated rings. The quantitative estimate of drug-likeness (QED) is 0.670. The number of anilines is 1. The third-order valence-electron chi connectivity index (χ3n) is 4.15. The standard InChI is InChI=1S/C19H21N3O3S/c1-26(24,25)22(14-19(23)21-16-7-3-2-4-8-16)12-11-15-13-20-18-10-6-5-9-17(15)18/h2-10,13,20H,11-12,14H2,1H3,(H,21,23). The third-order valence-corrected chi connectivity index (χ3v) is 5.40. The fourth-order valence-corrected chi connectivity index (χ4v) is 3.60. The summed E-state index contributed by atoms with van der Waals surface area (Å²) >= 11 is 0. The number of benzene rings is 2. The van der Waals surface area contributed by atoms with Crippen LogP contribution in [0.15, 0.2) is 60.8 Å². The van der Waals surface area contributed by atoms with Crippen molar-refractivity contribution in [1.82, 2.24) is 9.29 Å². The van der Waals surface area contributed by atoms with Crippen LogP contribution in [0.5, 0.6) is 0 Å². The number of carbonyl (C=O) groups is 1. The molecule has 1 heterocycles. The van der Waals surface area contributed by atoms with Gasteiger partial charge < -0.3 is 10.3 Å². The minimum Gasteiger partial charge on any atom is -0.361 e. The lowest BCUT2D eigenvalue weighted by molar-refractivity contribution is -0.116. The molecule has 0 bridgehead atoms. The monoisotopic (exact) mass is 371 g/mol. The van der Waals surface area contributed by atoms with Crippen LogP contribution in [0.4, 0.5) is 5.69 Å². The smallest absolute Gasteiger partial charge is 0.239 e. The average Bonchev–Trinajstić information content (AvgIpc) is 3.02. The number of aromatic amines is 1. The van der Waals surface area contributed by atoms with E-state index in [1.807, 2.05) is 36.5 Å². The second-order valence-corrected chi connectivity index (χ2v) is 8.10. The van der Waals surface area contributed by atoms with E-state index in [-0.39, 0.29) is 19.0 Å². The van der Waals surface area contributed by atoms with Gasteiger partial charge in [-0.25, -0.2) is 8.42 Å². The molecular weight excluding hydrogens is 350 g/mol. The molecular formula is C19H21N3O3S. The van der Waals surface area contributed by atoms with Crippen molar-refractivity contribution in [2.75, 3.05) is 24.7 Å². The summed E-state index contributed by atoms with van der Waals surface area (Å²) in [7, 11) is -3.50. The summed E-state index contributed by atoms with van der Waals surface area (Å²) in [6.07, 6.45) is 3.53. The molecule has 2 aromatic carbocycles. The molecule has 3 aromatic rings. The SMILES string of the molecule is CS(=O)(=O)N(CCc1c[nH]c2ccccc12)CC(=O)Nc1ccccc1. The molecule has 0 saturated heterocycles. The van der Waals surface area contributed by atoms with Crippen molar-refractivity contribution >= 4 is 32.5 Å². The summed E-state index contributed by atoms with van der Waals surface area (Å²) in [6.45, 7) is 0.0268. The Bertz CT molecular complexity index is 997. The van der Waals surface area contributed by atoms with Crippen LogP contribution >= 0.6 is 0 Å². The Morgan fingerprint density at radius 1 is 1.08 bits per heavy atom. The van der Waals surface area contributed by atoms with Crippen LogP contribution in [-0.2, 0) is 21.2 Å². The molecule has 3 rings (SSSR count). The van der Waals surface area contributed by atoms with E-state index in [0.29, 0.717) is 12.1 Å². The Morgan fingerprint density at radius 2 is 1.77 bits per heavy atom. The maximum absolute atomic E-state index is 12.2. The Morgan fingerprint density at radius 3 is 2.50 bits per heavy atom. The van der Waals surface area contributed by atoms with Gasteiger partial charge in [0, 0.05) is 29.3 Å². The molecule has 0 radical (unpaired) electrons. The molecule has 1 amide bonds. The maximum atomic E-state index is 12.2. The van der Waals surface area contributed by atoms with E-state index in [1.165, 1.54) is 4.31 Å². The minimum atomic E-state index is -3.50. The summed E-state index contributed by atoms with van der Waals surface area (Å²) in [5, 5.41) is 3.78. The van der Waals surface area contributed by atoms with E-state index in [4.69, 9.17) is 0 Å². The van der Waals surface area contributed by atoms with Gasteiger partial charge in [-0.15, -0.1) is 0 Å². The number of nitrogens with one attached hydrogen (secondary N) is 2. The van der Waals surface area contributed by atoms with Gasteiger partial charge in [-0.1, -0.05) is 36.4 Å². The second kappa shape index (κ2) is 7.72. The van der Waals surface area contributed by atoms with E-state index < -0.39 is 10.0 Å². The molecule has 0 unspecified atom stereocenters. The first-order chi connectivity index (χ1) is 12.4. The van der Waals surface area contributed by atoms with Gasteiger partial charge in [0.1, 0.15) is 0 Å². The first-order valence-corrected chi connectivity index (χ1v) is 10.1. The molecule has 26 heavy (non-hydrogen) atoms. The zero-order valence-electron chi connectivity index (χ0n) is 14.5. The first kappa shape index (κ1) is 18.2. The fraction of sp³-hybridized carbons (Fsp3) is 0.211. The maximum Gasteiger partial charge on any atom is 0.239 e. The number of nitrogens with zero attached hydrogens (tertiary/aromatic N) is 1. The number of amides is 1. The number of sulfonamides is 1. The van der Waals surface area contributed by atoms with Gasteiger partial charge in [0.2, 0.25) is 15.9 Å². The van der Waals surface area contributed by atoms with Crippen molar-refractivity contribution in [3.05, 3.63) is 66.4 Å². The van der Waals surface area contributed by atoms with Crippen LogP contribution in [0.25, 0.3) is 10.9 Å². The zero-order valence-corrected chi connectivity index (χ0v) is 15.3. The van der Waals surface area contributed by atoms with Gasteiger partial charge in [0.25, 0.3) is 0 Å². The van der Waals surface area contributed by atoms with Gasteiger partial charge in [0.05, 0.1) is 12.8 Å². The van der Waals surface area contributed by atoms with Crippen LogP contribution in [0.2, 0.25) is 0 Å². The highest BCUT2D eigenvalue weighted by molar-refractivity contribution is 7.88. The molecule has 0 spiro atoms. The van der Waals surface area contributed by atoms with Gasteiger partial charge in [-0.05, 0) is 30.2 Å². The van der Waals surface area contributed by atoms with Crippen molar-refractivity contribution < 1.29 is 13.2 Å². The number of aromatic nitrogens is 1. The Kier molecular flexibility index (Phi) is 5.39. The highest BCUT2D eigenvalue weighted by Crippen LogP contribution is 2.18. The number of para-hydroxylation sites is 2. The van der Waals surface area contributed by atoms with Crippen molar-refractivity contribution in [2.45, 2.75) is 6.42 Å². The van der Waals surface area contributed by atoms with E-state index in [1.54, 1.807) is 24.3 Å². The van der Waals surface area contributed by atoms with Crippen LogP contribution in [-0.4, -0.2) is 43.0 Å². The van der Waals surface area contributed by atoms with Crippen LogP contribution in [0, 0.1) is 0 Å². The molecule has 0 aliphatic rings. The van der Waals surface area contributed by atoms with Crippen molar-refractivity contribution in [3.63, 3.8) is 0 Å². The van der Waals surface area contributed by atoms with Gasteiger partial charge in [-0.2, -0.15) is 4.31 Å². The lowest BCUT2D eigenvalue weighted by atomic mass is 10.1. The van der Waals surface area contributed by atoms with Crippen molar-refractivity contribution in [3.8, 4) is 0 Å². The highest BCUT2D eigenvalue weighted by atomic mass is 32.2. The second-order valence-electron chi connectivity index (χ2n) is 6.12. The number of rotatable bonds is 7. The molecule has 0 aliphatic carbocycles. The zero-order chi connectivity index (χ0) is 18.6. The van der Waals surface area contributed by atoms with Crippen LogP contribution in [0.3, 0.4) is 0 Å². The minimum absolute atomic E-state index is 0.212. The Hall–Kier alpha value is -2.64. The van der Waals surface area contributed by atoms with Crippen molar-refractivity contribution in [1.29, 1.82) is 0 Å². The predicted octanol–water partition coefficient (Wildman–Crippen LogP) is 2.61. The summed E-state index contributed by atoms with van der Waals surface area (Å²) in [5.41, 5.74) is 2.68. The van der Waals surface area contributed by atoms with Gasteiger partial charge >= 0.3 is 0 Å². The number of fused-ring (bicyclic) bond motifs is 1. The molecule has 0 aliphatic heterocycles. The topological polar surface area (TPSA) is 82.3 Å². The van der Waals surface area contributed by atoms with Gasteiger partial charge in [0.15, 0.2) is 0 Å². The number of hydrogen-bond acceptors (Lipinski definition) is 3. The van der Waals surface area contributed by atoms with Crippen molar-refractivity contribution in [2.24, 2.45) is 0 Å². The lowest BCUT2D eigenvalue weighted by Gasteiger charge is -2.19. The molecule has 1 aromatic heterocycles. The largest absolute Gasteiger partial charge is 0.361 e. The van der Waals surface area contributed by atoms with E-state index >= 15 is 0 Å². The van der Waals surface area contributed by atoms with Crippen LogP contribution < -0.4 is 5.32 Å². The summed E-state index contributed by atoms with van der Waals surface area (Å²) in [4.78, 5) is 15.4. The average molecular weight is 371 g/mol. The van der Waals surface area contributed by atoms with E-state index in [9.17, 15) is 13.2 Å². The predicted molar refractivity (Wildman–Crippen MR) is 103 cm³/mol. The first-order valence-electron chi connectivity index (χ1n) is 8.28. The summed E-state index contributed by atoms with van der Waals surface area (Å²) < 4.78 is 25.4. The molecule has 2 N–H and O–H groups in total. The van der Waals surface area contributed by atoms with E-state index in [0.717, 1.165) is 22.7 Å². The highest BCUT2D eigenvalue weighted by Gasteiger charge is 2.20. The van der Waals surface area contributed by atoms with Gasteiger partial charge in [-0.3, -0.25) is 4.79 Å². The molecule has 136 valence electrons. The molecule has 0 saturated carbocycles. The van der Waals surface area contributed by atoms with Crippen LogP contribution in [0.1, 0.15) is 5.56 Å². The molecule has 7 heteroatoms. The summed E-state index contributed by atoms with van der Waals surface area (Å²) in [6, 6.07) is 16.8. The third kappa shape index (κ3) is 4.50. The lowest BCUT2D eigenvalue weighted by Crippen LogP contribution is -2.38. The Labute approximate surface area is 152 Å². The Balaban J connectivity index is 1.68. The summed E-state index contributed by atoms with van der Waals surface area (Å²) in [5.74, 6) is -0.361. The number of H-pyrrole nitrogens is 1. The number of hydrogen-bond donors (Lipinski definition) is 2. The molecule has 0 atom stereocenters. The fourth-order valence-electron chi connectivity index (χ4n) is 2.83.